The van der Waals surface area contributed by atoms with Crippen LogP contribution >= 0.6 is 46.4 Å². The smallest absolute Gasteiger partial charge is 0.256 e. The van der Waals surface area contributed by atoms with E-state index in [9.17, 15) is 9.59 Å². The van der Waals surface area contributed by atoms with Crippen LogP contribution in [0.15, 0.2) is 36.4 Å². The fraction of sp³-hybridized carbons (Fsp3) is 0.222. The molecule has 0 radical (unpaired) electrons. The zero-order valence-electron chi connectivity index (χ0n) is 13.4. The van der Waals surface area contributed by atoms with Crippen molar-refractivity contribution in [3.8, 4) is 0 Å². The summed E-state index contributed by atoms with van der Waals surface area (Å²) in [6, 6.07) is 8.86. The number of nitrogens with zero attached hydrogens (tertiary/aromatic N) is 1. The molecule has 26 heavy (non-hydrogen) atoms. The van der Waals surface area contributed by atoms with Crippen LogP contribution in [0, 0.1) is 0 Å². The van der Waals surface area contributed by atoms with Crippen molar-refractivity contribution in [2.75, 3.05) is 11.9 Å². The molecule has 1 aliphatic heterocycles. The van der Waals surface area contributed by atoms with Crippen LogP contribution in [-0.2, 0) is 4.79 Å². The first-order valence-electron chi connectivity index (χ1n) is 7.89. The van der Waals surface area contributed by atoms with Gasteiger partial charge in [-0.3, -0.25) is 9.59 Å². The highest BCUT2D eigenvalue weighted by molar-refractivity contribution is 6.36. The highest BCUT2D eigenvalue weighted by atomic mass is 35.5. The van der Waals surface area contributed by atoms with Crippen molar-refractivity contribution in [3.05, 3.63) is 62.1 Å². The fourth-order valence-corrected chi connectivity index (χ4v) is 3.62. The molecule has 0 aliphatic carbocycles. The number of hydrogen-bond acceptors (Lipinski definition) is 2. The summed E-state index contributed by atoms with van der Waals surface area (Å²) in [5.74, 6) is -0.648. The van der Waals surface area contributed by atoms with Crippen LogP contribution in [0.5, 0.6) is 0 Å². The van der Waals surface area contributed by atoms with Crippen LogP contribution < -0.4 is 5.32 Å². The summed E-state index contributed by atoms with van der Waals surface area (Å²) < 4.78 is 0. The van der Waals surface area contributed by atoms with Gasteiger partial charge in [-0.1, -0.05) is 46.4 Å². The number of benzene rings is 2. The molecule has 0 aromatic heterocycles. The number of rotatable bonds is 3. The summed E-state index contributed by atoms with van der Waals surface area (Å²) >= 11 is 24.1. The molecule has 4 nitrogen and oxygen atoms in total. The SMILES string of the molecule is O=C(Nc1cc(Cl)ccc1Cl)C1CCCN1C(=O)c1cc(Cl)ccc1Cl. The van der Waals surface area contributed by atoms with Crippen molar-refractivity contribution >= 4 is 63.9 Å². The quantitative estimate of drug-likeness (QED) is 0.693. The Morgan fingerprint density at radius 3 is 2.35 bits per heavy atom. The van der Waals surface area contributed by atoms with Gasteiger partial charge in [-0.25, -0.2) is 0 Å². The van der Waals surface area contributed by atoms with E-state index >= 15 is 0 Å². The van der Waals surface area contributed by atoms with Gasteiger partial charge in [0, 0.05) is 16.6 Å². The maximum Gasteiger partial charge on any atom is 0.256 e. The standard InChI is InChI=1S/C18H14Cl4N2O2/c19-10-3-5-13(21)12(8-10)18(26)24-7-1-2-16(24)17(25)23-15-9-11(20)4-6-14(15)22/h3-6,8-9,16H,1-2,7H2,(H,23,25). The Kier molecular flexibility index (Phi) is 5.98. The Balaban J connectivity index is 1.81. The van der Waals surface area contributed by atoms with Gasteiger partial charge in [-0.2, -0.15) is 0 Å². The fourth-order valence-electron chi connectivity index (χ4n) is 2.91. The molecule has 1 aliphatic rings. The third-order valence-electron chi connectivity index (χ3n) is 4.16. The second-order valence-corrected chi connectivity index (χ2v) is 7.58. The van der Waals surface area contributed by atoms with Crippen LogP contribution in [0.3, 0.4) is 0 Å². The van der Waals surface area contributed by atoms with Gasteiger partial charge < -0.3 is 10.2 Å². The number of hydrogen-bond donors (Lipinski definition) is 1. The number of anilines is 1. The van der Waals surface area contributed by atoms with Crippen LogP contribution in [0.2, 0.25) is 20.1 Å². The maximum atomic E-state index is 12.9. The number of likely N-dealkylation sites (tertiary alicyclic amines) is 1. The van der Waals surface area contributed by atoms with E-state index in [-0.39, 0.29) is 17.4 Å². The summed E-state index contributed by atoms with van der Waals surface area (Å²) in [5, 5.41) is 4.27. The molecule has 1 unspecified atom stereocenters. The van der Waals surface area contributed by atoms with Crippen molar-refractivity contribution < 1.29 is 9.59 Å². The average molecular weight is 432 g/mol. The Labute approximate surface area is 171 Å². The first-order valence-corrected chi connectivity index (χ1v) is 9.40. The van der Waals surface area contributed by atoms with E-state index < -0.39 is 6.04 Å². The molecular weight excluding hydrogens is 418 g/mol. The lowest BCUT2D eigenvalue weighted by atomic mass is 10.1. The van der Waals surface area contributed by atoms with E-state index in [4.69, 9.17) is 46.4 Å². The molecule has 1 atom stereocenters. The molecule has 2 aromatic carbocycles. The molecule has 0 bridgehead atoms. The summed E-state index contributed by atoms with van der Waals surface area (Å²) in [5.41, 5.74) is 0.684. The second-order valence-electron chi connectivity index (χ2n) is 5.89. The summed E-state index contributed by atoms with van der Waals surface area (Å²) in [4.78, 5) is 27.1. The summed E-state index contributed by atoms with van der Waals surface area (Å²) in [7, 11) is 0. The van der Waals surface area contributed by atoms with E-state index in [0.29, 0.717) is 45.2 Å². The van der Waals surface area contributed by atoms with Gasteiger partial charge in [0.2, 0.25) is 5.91 Å². The molecule has 136 valence electrons. The van der Waals surface area contributed by atoms with Crippen molar-refractivity contribution in [2.45, 2.75) is 18.9 Å². The second kappa shape index (κ2) is 8.05. The van der Waals surface area contributed by atoms with Crippen LogP contribution in [-0.4, -0.2) is 29.3 Å². The zero-order valence-corrected chi connectivity index (χ0v) is 16.5. The maximum absolute atomic E-state index is 12.9. The number of nitrogens with one attached hydrogen (secondary N) is 1. The number of carbonyl (C=O) groups is 2. The molecule has 1 fully saturated rings. The molecule has 1 heterocycles. The predicted octanol–water partition coefficient (Wildman–Crippen LogP) is 5.54. The minimum absolute atomic E-state index is 0.277. The van der Waals surface area contributed by atoms with E-state index in [0.717, 1.165) is 0 Å². The number of amides is 2. The molecular formula is C18H14Cl4N2O2. The monoisotopic (exact) mass is 430 g/mol. The Morgan fingerprint density at radius 1 is 0.962 bits per heavy atom. The molecule has 0 saturated carbocycles. The van der Waals surface area contributed by atoms with Crippen molar-refractivity contribution in [3.63, 3.8) is 0 Å². The third-order valence-corrected chi connectivity index (χ3v) is 5.29. The van der Waals surface area contributed by atoms with Gasteiger partial charge in [0.05, 0.1) is 21.3 Å². The molecule has 0 spiro atoms. The van der Waals surface area contributed by atoms with E-state index in [1.54, 1.807) is 30.3 Å². The zero-order chi connectivity index (χ0) is 18.8. The Bertz CT molecular complexity index is 872. The molecule has 2 amide bonds. The normalized spacial score (nSPS) is 16.6. The van der Waals surface area contributed by atoms with E-state index in [1.165, 1.54) is 11.0 Å². The molecule has 1 N–H and O–H groups in total. The first-order chi connectivity index (χ1) is 12.4. The lowest BCUT2D eigenvalue weighted by Gasteiger charge is -2.24. The Morgan fingerprint density at radius 2 is 1.62 bits per heavy atom. The van der Waals surface area contributed by atoms with Gasteiger partial charge in [0.15, 0.2) is 0 Å². The average Bonchev–Trinajstić information content (AvgIpc) is 3.09. The van der Waals surface area contributed by atoms with Crippen molar-refractivity contribution in [1.29, 1.82) is 0 Å². The minimum atomic E-state index is -0.618. The summed E-state index contributed by atoms with van der Waals surface area (Å²) in [6.45, 7) is 0.461. The largest absolute Gasteiger partial charge is 0.327 e. The van der Waals surface area contributed by atoms with Crippen molar-refractivity contribution in [1.82, 2.24) is 4.90 Å². The van der Waals surface area contributed by atoms with Gasteiger partial charge in [-0.05, 0) is 49.2 Å². The lowest BCUT2D eigenvalue weighted by Crippen LogP contribution is -2.43. The molecule has 1 saturated heterocycles. The van der Waals surface area contributed by atoms with Gasteiger partial charge in [-0.15, -0.1) is 0 Å². The number of halogens is 4. The first kappa shape index (κ1) is 19.3. The third kappa shape index (κ3) is 4.09. The minimum Gasteiger partial charge on any atom is -0.327 e. The van der Waals surface area contributed by atoms with Crippen LogP contribution in [0.1, 0.15) is 23.2 Å². The summed E-state index contributed by atoms with van der Waals surface area (Å²) in [6.07, 6.45) is 1.26. The van der Waals surface area contributed by atoms with Gasteiger partial charge >= 0.3 is 0 Å². The van der Waals surface area contributed by atoms with E-state index in [2.05, 4.69) is 5.32 Å². The predicted molar refractivity (Wildman–Crippen MR) is 106 cm³/mol. The molecule has 8 heteroatoms. The van der Waals surface area contributed by atoms with Gasteiger partial charge in [0.1, 0.15) is 6.04 Å². The number of carbonyl (C=O) groups excluding carboxylic acids is 2. The highest BCUT2D eigenvalue weighted by Gasteiger charge is 2.35. The topological polar surface area (TPSA) is 49.4 Å². The molecule has 2 aromatic rings. The molecule has 3 rings (SSSR count). The van der Waals surface area contributed by atoms with Gasteiger partial charge in [0.25, 0.3) is 5.91 Å². The van der Waals surface area contributed by atoms with Crippen LogP contribution in [0.4, 0.5) is 5.69 Å². The van der Waals surface area contributed by atoms with E-state index in [1.807, 2.05) is 0 Å². The lowest BCUT2D eigenvalue weighted by molar-refractivity contribution is -0.119. The Hall–Kier alpha value is -1.46. The van der Waals surface area contributed by atoms with Crippen molar-refractivity contribution in [2.24, 2.45) is 0 Å². The van der Waals surface area contributed by atoms with Crippen LogP contribution in [0.25, 0.3) is 0 Å². The highest BCUT2D eigenvalue weighted by Crippen LogP contribution is 2.29.